The van der Waals surface area contributed by atoms with Crippen LogP contribution in [0, 0.1) is 0 Å². The van der Waals surface area contributed by atoms with Gasteiger partial charge in [0, 0.05) is 43.0 Å². The van der Waals surface area contributed by atoms with Crippen LogP contribution in [-0.4, -0.2) is 69.4 Å². The molecule has 6 rings (SSSR count). The van der Waals surface area contributed by atoms with Crippen molar-refractivity contribution in [1.29, 1.82) is 0 Å². The summed E-state index contributed by atoms with van der Waals surface area (Å²) >= 11 is 1.60. The Bertz CT molecular complexity index is 1720. The summed E-state index contributed by atoms with van der Waals surface area (Å²) in [6.07, 6.45) is 5.85. The molecule has 8 nitrogen and oxygen atoms in total. The van der Waals surface area contributed by atoms with Crippen LogP contribution in [-0.2, 0) is 11.2 Å². The summed E-state index contributed by atoms with van der Waals surface area (Å²) < 4.78 is 3.02. The topological polar surface area (TPSA) is 83.4 Å². The second kappa shape index (κ2) is 12.9. The van der Waals surface area contributed by atoms with Crippen molar-refractivity contribution in [2.24, 2.45) is 0 Å². The molecule has 0 spiro atoms. The fourth-order valence-electron chi connectivity index (χ4n) is 5.68. The van der Waals surface area contributed by atoms with Crippen LogP contribution >= 0.6 is 11.3 Å². The van der Waals surface area contributed by atoms with E-state index in [1.807, 2.05) is 87.9 Å². The van der Waals surface area contributed by atoms with Crippen molar-refractivity contribution in [2.75, 3.05) is 32.5 Å². The van der Waals surface area contributed by atoms with Crippen molar-refractivity contribution >= 4 is 39.3 Å². The zero-order valence-corrected chi connectivity index (χ0v) is 25.4. The monoisotopic (exact) mass is 592 g/mol. The molecule has 1 aliphatic heterocycles. The predicted octanol–water partition coefficient (Wildman–Crippen LogP) is 6.28. The molecule has 3 aromatic carbocycles. The Morgan fingerprint density at radius 1 is 0.977 bits per heavy atom. The van der Waals surface area contributed by atoms with E-state index in [0.717, 1.165) is 58.7 Å². The number of thiazole rings is 1. The minimum Gasteiger partial charge on any atom is -0.343 e. The predicted molar refractivity (Wildman–Crippen MR) is 173 cm³/mol. The van der Waals surface area contributed by atoms with Gasteiger partial charge in [0.25, 0.3) is 5.91 Å². The average molecular weight is 593 g/mol. The molecule has 220 valence electrons. The van der Waals surface area contributed by atoms with Gasteiger partial charge in [0.1, 0.15) is 0 Å². The Labute approximate surface area is 256 Å². The van der Waals surface area contributed by atoms with Gasteiger partial charge in [-0.2, -0.15) is 0 Å². The van der Waals surface area contributed by atoms with Crippen molar-refractivity contribution in [3.8, 4) is 16.8 Å². The fraction of sp³-hybridized carbons (Fsp3) is 0.294. The van der Waals surface area contributed by atoms with Gasteiger partial charge in [-0.25, -0.2) is 9.97 Å². The van der Waals surface area contributed by atoms with Gasteiger partial charge in [0.2, 0.25) is 11.9 Å². The molecule has 1 aliphatic rings. The third-order valence-corrected chi connectivity index (χ3v) is 8.97. The summed E-state index contributed by atoms with van der Waals surface area (Å²) in [4.78, 5) is 39.8. The van der Waals surface area contributed by atoms with Gasteiger partial charge in [0.15, 0.2) is 0 Å². The molecule has 2 amide bonds. The highest BCUT2D eigenvalue weighted by molar-refractivity contribution is 7.16. The first-order valence-corrected chi connectivity index (χ1v) is 15.7. The smallest absolute Gasteiger partial charge is 0.258 e. The number of nitrogens with zero attached hydrogens (tertiary/aromatic N) is 5. The number of benzene rings is 3. The number of hydrogen-bond donors (Lipinski definition) is 1. The zero-order valence-electron chi connectivity index (χ0n) is 24.6. The number of aryl methyl sites for hydroxylation is 1. The number of piperidine rings is 1. The summed E-state index contributed by atoms with van der Waals surface area (Å²) in [6, 6.07) is 24.2. The Morgan fingerprint density at radius 3 is 2.56 bits per heavy atom. The maximum atomic E-state index is 13.5. The number of carbonyl (C=O) groups is 2. The number of amides is 2. The van der Waals surface area contributed by atoms with Crippen LogP contribution in [0.1, 0.15) is 41.7 Å². The number of carbonyl (C=O) groups excluding carboxylic acids is 2. The van der Waals surface area contributed by atoms with Gasteiger partial charge in [-0.3, -0.25) is 19.5 Å². The number of likely N-dealkylation sites (tertiary alicyclic amines) is 1. The lowest BCUT2D eigenvalue weighted by Gasteiger charge is -2.35. The summed E-state index contributed by atoms with van der Waals surface area (Å²) in [5.74, 6) is 0.439. The molecule has 0 saturated carbocycles. The van der Waals surface area contributed by atoms with E-state index in [2.05, 4.69) is 35.4 Å². The van der Waals surface area contributed by atoms with E-state index in [1.165, 1.54) is 0 Å². The second-order valence-electron chi connectivity index (χ2n) is 11.3. The van der Waals surface area contributed by atoms with Gasteiger partial charge >= 0.3 is 0 Å². The molecule has 9 heteroatoms. The fourth-order valence-corrected chi connectivity index (χ4v) is 6.40. The minimum absolute atomic E-state index is 0.211. The van der Waals surface area contributed by atoms with E-state index in [1.54, 1.807) is 11.3 Å². The molecular formula is C34H36N6O2S. The maximum Gasteiger partial charge on any atom is 0.258 e. The molecule has 0 bridgehead atoms. The molecule has 1 fully saturated rings. The SMILES string of the molecule is CN(C)C1CCN(C(=O)CCCc2cn(-c3ccccc3)c(NC(=O)c3cccc(-c4ccc5ncsc5c4)c3)n2)CC1. The number of anilines is 1. The number of rotatable bonds is 9. The summed E-state index contributed by atoms with van der Waals surface area (Å²) in [5.41, 5.74) is 7.11. The molecule has 1 N–H and O–H groups in total. The Kier molecular flexibility index (Phi) is 8.62. The van der Waals surface area contributed by atoms with Crippen LogP contribution in [0.3, 0.4) is 0 Å². The number of nitrogens with one attached hydrogen (secondary N) is 1. The lowest BCUT2D eigenvalue weighted by atomic mass is 10.0. The molecule has 3 heterocycles. The first kappa shape index (κ1) is 28.8. The Hall–Kier alpha value is -4.34. The molecule has 1 saturated heterocycles. The van der Waals surface area contributed by atoms with Gasteiger partial charge in [-0.15, -0.1) is 11.3 Å². The number of hydrogen-bond acceptors (Lipinski definition) is 6. The molecule has 0 radical (unpaired) electrons. The van der Waals surface area contributed by atoms with Crippen LogP contribution in [0.4, 0.5) is 5.95 Å². The summed E-state index contributed by atoms with van der Waals surface area (Å²) in [6.45, 7) is 1.64. The maximum absolute atomic E-state index is 13.5. The summed E-state index contributed by atoms with van der Waals surface area (Å²) in [7, 11) is 4.21. The molecule has 0 atom stereocenters. The molecule has 0 aliphatic carbocycles. The molecule has 43 heavy (non-hydrogen) atoms. The van der Waals surface area contributed by atoms with Crippen LogP contribution < -0.4 is 5.32 Å². The van der Waals surface area contributed by atoms with Crippen molar-refractivity contribution in [3.63, 3.8) is 0 Å². The van der Waals surface area contributed by atoms with Gasteiger partial charge < -0.3 is 9.80 Å². The van der Waals surface area contributed by atoms with E-state index < -0.39 is 0 Å². The van der Waals surface area contributed by atoms with Crippen LogP contribution in [0.2, 0.25) is 0 Å². The minimum atomic E-state index is -0.230. The highest BCUT2D eigenvalue weighted by Crippen LogP contribution is 2.27. The van der Waals surface area contributed by atoms with Gasteiger partial charge in [-0.1, -0.05) is 36.4 Å². The van der Waals surface area contributed by atoms with Crippen LogP contribution in [0.5, 0.6) is 0 Å². The van der Waals surface area contributed by atoms with E-state index >= 15 is 0 Å². The molecule has 2 aromatic heterocycles. The van der Waals surface area contributed by atoms with Gasteiger partial charge in [0.05, 0.1) is 21.4 Å². The Morgan fingerprint density at radius 2 is 1.77 bits per heavy atom. The second-order valence-corrected chi connectivity index (χ2v) is 12.1. The molecule has 0 unspecified atom stereocenters. The number of fused-ring (bicyclic) bond motifs is 1. The van der Waals surface area contributed by atoms with E-state index in [9.17, 15) is 9.59 Å². The third kappa shape index (κ3) is 6.68. The molecular weight excluding hydrogens is 556 g/mol. The van der Waals surface area contributed by atoms with Gasteiger partial charge in [-0.05, 0) is 87.3 Å². The largest absolute Gasteiger partial charge is 0.343 e. The lowest BCUT2D eigenvalue weighted by Crippen LogP contribution is -2.44. The highest BCUT2D eigenvalue weighted by Gasteiger charge is 2.23. The number of imidazole rings is 1. The van der Waals surface area contributed by atoms with Crippen LogP contribution in [0.15, 0.2) is 84.5 Å². The van der Waals surface area contributed by atoms with Crippen molar-refractivity contribution in [3.05, 3.63) is 95.8 Å². The van der Waals surface area contributed by atoms with E-state index in [4.69, 9.17) is 4.98 Å². The van der Waals surface area contributed by atoms with Crippen molar-refractivity contribution in [1.82, 2.24) is 24.3 Å². The van der Waals surface area contributed by atoms with Crippen LogP contribution in [0.25, 0.3) is 27.0 Å². The highest BCUT2D eigenvalue weighted by atomic mass is 32.1. The standard InChI is InChI=1S/C34H36N6O2S/c1-38(2)28-16-18-39(19-17-28)32(41)13-7-10-27-22-40(29-11-4-3-5-12-29)34(36-27)37-33(42)26-9-6-8-24(20-26)25-14-15-30-31(21-25)43-23-35-30/h3-6,8-9,11-12,14-15,20-23,28H,7,10,13,16-19H2,1-2H3,(H,36,37,42). The van der Waals surface area contributed by atoms with Crippen molar-refractivity contribution < 1.29 is 9.59 Å². The first-order chi connectivity index (χ1) is 20.9. The van der Waals surface area contributed by atoms with Crippen molar-refractivity contribution in [2.45, 2.75) is 38.1 Å². The third-order valence-electron chi connectivity index (χ3n) is 8.18. The average Bonchev–Trinajstić information content (AvgIpc) is 3.68. The number of para-hydroxylation sites is 1. The zero-order chi connectivity index (χ0) is 29.8. The number of aromatic nitrogens is 3. The normalized spacial score (nSPS) is 14.0. The summed E-state index contributed by atoms with van der Waals surface area (Å²) in [5, 5.41) is 3.04. The first-order valence-electron chi connectivity index (χ1n) is 14.8. The quantitative estimate of drug-likeness (QED) is 0.218. The molecule has 5 aromatic rings. The van der Waals surface area contributed by atoms with E-state index in [-0.39, 0.29) is 11.8 Å². The lowest BCUT2D eigenvalue weighted by molar-refractivity contribution is -0.132. The van der Waals surface area contributed by atoms with E-state index in [0.29, 0.717) is 36.8 Å². The Balaban J connectivity index is 1.14.